The Morgan fingerprint density at radius 2 is 2.17 bits per heavy atom. The van der Waals surface area contributed by atoms with Crippen LogP contribution < -0.4 is 16.0 Å². The molecule has 2 aliphatic heterocycles. The van der Waals surface area contributed by atoms with Crippen molar-refractivity contribution in [2.45, 2.75) is 38.3 Å². The number of hydrogen-bond acceptors (Lipinski definition) is 3. The van der Waals surface area contributed by atoms with Gasteiger partial charge < -0.3 is 16.0 Å². The van der Waals surface area contributed by atoms with E-state index in [-0.39, 0.29) is 24.0 Å². The molecule has 0 bridgehead atoms. The number of halogens is 1. The molecule has 0 saturated carbocycles. The first-order valence-corrected chi connectivity index (χ1v) is 8.78. The average Bonchev–Trinajstić information content (AvgIpc) is 3.00. The number of nitrogens with one attached hydrogen (secondary N) is 1. The summed E-state index contributed by atoms with van der Waals surface area (Å²) in [6.07, 6.45) is 3.01. The third-order valence-corrected chi connectivity index (χ3v) is 5.08. The summed E-state index contributed by atoms with van der Waals surface area (Å²) in [7, 11) is 0. The molecule has 1 aromatic carbocycles. The number of amides is 3. The number of benzene rings is 1. The van der Waals surface area contributed by atoms with E-state index < -0.39 is 0 Å². The summed E-state index contributed by atoms with van der Waals surface area (Å²) >= 11 is 6.24. The van der Waals surface area contributed by atoms with Crippen molar-refractivity contribution < 1.29 is 9.59 Å². The third-order valence-electron chi connectivity index (χ3n) is 4.76. The van der Waals surface area contributed by atoms with Crippen molar-refractivity contribution in [1.82, 2.24) is 10.2 Å². The summed E-state index contributed by atoms with van der Waals surface area (Å²) in [6, 6.07) is 4.91. The molecule has 3 N–H and O–H groups in total. The second kappa shape index (κ2) is 6.99. The van der Waals surface area contributed by atoms with Gasteiger partial charge in [0.15, 0.2) is 0 Å². The highest BCUT2D eigenvalue weighted by Crippen LogP contribution is 2.30. The SMILES string of the molecule is CC(N)C1CCCCN1C(=O)c1ccc(Cl)c(N2CCNC2=O)c1. The summed E-state index contributed by atoms with van der Waals surface area (Å²) in [5.74, 6) is -0.0467. The highest BCUT2D eigenvalue weighted by atomic mass is 35.5. The summed E-state index contributed by atoms with van der Waals surface area (Å²) in [5.41, 5.74) is 7.19. The zero-order valence-corrected chi connectivity index (χ0v) is 14.6. The van der Waals surface area contributed by atoms with Crippen LogP contribution in [-0.2, 0) is 0 Å². The number of anilines is 1. The summed E-state index contributed by atoms with van der Waals surface area (Å²) in [5, 5.41) is 3.21. The van der Waals surface area contributed by atoms with Gasteiger partial charge in [-0.2, -0.15) is 0 Å². The molecule has 2 atom stereocenters. The highest BCUT2D eigenvalue weighted by Gasteiger charge is 2.31. The normalized spacial score (nSPS) is 22.5. The fourth-order valence-electron chi connectivity index (χ4n) is 3.48. The largest absolute Gasteiger partial charge is 0.336 e. The number of piperidine rings is 1. The molecular formula is C17H23ClN4O2. The topological polar surface area (TPSA) is 78.7 Å². The van der Waals surface area contributed by atoms with Gasteiger partial charge in [0.1, 0.15) is 0 Å². The van der Waals surface area contributed by atoms with Gasteiger partial charge in [-0.15, -0.1) is 0 Å². The molecule has 130 valence electrons. The van der Waals surface area contributed by atoms with Gasteiger partial charge in [0.25, 0.3) is 5.91 Å². The molecule has 0 aromatic heterocycles. The smallest absolute Gasteiger partial charge is 0.322 e. The number of rotatable bonds is 3. The molecule has 6 nitrogen and oxygen atoms in total. The van der Waals surface area contributed by atoms with E-state index in [2.05, 4.69) is 5.32 Å². The molecule has 1 aromatic rings. The Hall–Kier alpha value is -1.79. The predicted molar refractivity (Wildman–Crippen MR) is 94.5 cm³/mol. The van der Waals surface area contributed by atoms with Gasteiger partial charge >= 0.3 is 6.03 Å². The Bertz CT molecular complexity index is 649. The van der Waals surface area contributed by atoms with E-state index in [1.165, 1.54) is 0 Å². The van der Waals surface area contributed by atoms with Gasteiger partial charge in [0.2, 0.25) is 0 Å². The van der Waals surface area contributed by atoms with Crippen molar-refractivity contribution in [1.29, 1.82) is 0 Å². The molecule has 2 heterocycles. The molecular weight excluding hydrogens is 328 g/mol. The highest BCUT2D eigenvalue weighted by molar-refractivity contribution is 6.34. The lowest BCUT2D eigenvalue weighted by molar-refractivity contribution is 0.0584. The van der Waals surface area contributed by atoms with Crippen LogP contribution in [0.5, 0.6) is 0 Å². The standard InChI is InChI=1S/C17H23ClN4O2/c1-11(19)14-4-2-3-8-21(14)16(23)12-5-6-13(18)15(10-12)22-9-7-20-17(22)24/h5-6,10-11,14H,2-4,7-9,19H2,1H3,(H,20,24). The zero-order chi connectivity index (χ0) is 17.3. The van der Waals surface area contributed by atoms with E-state index in [1.54, 1.807) is 23.1 Å². The van der Waals surface area contributed by atoms with E-state index in [9.17, 15) is 9.59 Å². The molecule has 3 rings (SSSR count). The molecule has 3 amide bonds. The molecule has 2 saturated heterocycles. The first-order valence-electron chi connectivity index (χ1n) is 8.40. The Morgan fingerprint density at radius 3 is 2.83 bits per heavy atom. The van der Waals surface area contributed by atoms with Gasteiger partial charge in [0.05, 0.1) is 10.7 Å². The van der Waals surface area contributed by atoms with Crippen molar-refractivity contribution in [3.05, 3.63) is 28.8 Å². The fourth-order valence-corrected chi connectivity index (χ4v) is 3.70. The summed E-state index contributed by atoms with van der Waals surface area (Å²) in [6.45, 7) is 3.78. The van der Waals surface area contributed by atoms with Crippen LogP contribution in [0.2, 0.25) is 5.02 Å². The van der Waals surface area contributed by atoms with Gasteiger partial charge in [-0.25, -0.2) is 4.79 Å². The maximum atomic E-state index is 13.0. The molecule has 0 spiro atoms. The van der Waals surface area contributed by atoms with Crippen LogP contribution in [0.3, 0.4) is 0 Å². The van der Waals surface area contributed by atoms with Crippen LogP contribution in [0.15, 0.2) is 18.2 Å². The first kappa shape index (κ1) is 17.0. The van der Waals surface area contributed by atoms with Crippen LogP contribution in [0.25, 0.3) is 0 Å². The first-order chi connectivity index (χ1) is 11.5. The average molecular weight is 351 g/mol. The van der Waals surface area contributed by atoms with Gasteiger partial charge in [-0.3, -0.25) is 9.69 Å². The molecule has 0 aliphatic carbocycles. The zero-order valence-electron chi connectivity index (χ0n) is 13.8. The Labute approximate surface area is 146 Å². The van der Waals surface area contributed by atoms with Gasteiger partial charge in [-0.05, 0) is 44.4 Å². The monoisotopic (exact) mass is 350 g/mol. The van der Waals surface area contributed by atoms with Crippen LogP contribution in [-0.4, -0.2) is 48.6 Å². The molecule has 24 heavy (non-hydrogen) atoms. The van der Waals surface area contributed by atoms with Gasteiger partial charge in [-0.1, -0.05) is 11.6 Å². The maximum absolute atomic E-state index is 13.0. The van der Waals surface area contributed by atoms with Crippen LogP contribution in [0, 0.1) is 0 Å². The van der Waals surface area contributed by atoms with Crippen LogP contribution in [0.1, 0.15) is 36.5 Å². The van der Waals surface area contributed by atoms with Crippen molar-refractivity contribution in [2.75, 3.05) is 24.5 Å². The third kappa shape index (κ3) is 3.21. The predicted octanol–water partition coefficient (Wildman–Crippen LogP) is 2.21. The Balaban J connectivity index is 1.88. The number of hydrogen-bond donors (Lipinski definition) is 2. The lowest BCUT2D eigenvalue weighted by Crippen LogP contribution is -2.51. The quantitative estimate of drug-likeness (QED) is 0.877. The lowest BCUT2D eigenvalue weighted by atomic mass is 9.96. The van der Waals surface area contributed by atoms with E-state index in [0.29, 0.717) is 35.9 Å². The summed E-state index contributed by atoms with van der Waals surface area (Å²) in [4.78, 5) is 28.3. The number of carbonyl (C=O) groups is 2. The van der Waals surface area contributed by atoms with E-state index >= 15 is 0 Å². The van der Waals surface area contributed by atoms with Crippen LogP contribution >= 0.6 is 11.6 Å². The lowest BCUT2D eigenvalue weighted by Gasteiger charge is -2.38. The minimum absolute atomic E-state index is 0.0467. The van der Waals surface area contributed by atoms with Crippen molar-refractivity contribution in [3.8, 4) is 0 Å². The minimum Gasteiger partial charge on any atom is -0.336 e. The van der Waals surface area contributed by atoms with Crippen molar-refractivity contribution >= 4 is 29.2 Å². The van der Waals surface area contributed by atoms with Crippen LogP contribution in [0.4, 0.5) is 10.5 Å². The fraction of sp³-hybridized carbons (Fsp3) is 0.529. The second-order valence-corrected chi connectivity index (χ2v) is 6.88. The van der Waals surface area contributed by atoms with Gasteiger partial charge in [0, 0.05) is 37.3 Å². The molecule has 2 unspecified atom stereocenters. The van der Waals surface area contributed by atoms with Crippen molar-refractivity contribution in [2.24, 2.45) is 5.73 Å². The van der Waals surface area contributed by atoms with E-state index in [0.717, 1.165) is 19.3 Å². The number of likely N-dealkylation sites (tertiary alicyclic amines) is 1. The number of carbonyl (C=O) groups excluding carboxylic acids is 2. The number of nitrogens with zero attached hydrogens (tertiary/aromatic N) is 2. The molecule has 2 aliphatic rings. The number of urea groups is 1. The Kier molecular flexibility index (Phi) is 4.96. The molecule has 0 radical (unpaired) electrons. The maximum Gasteiger partial charge on any atom is 0.322 e. The second-order valence-electron chi connectivity index (χ2n) is 6.47. The number of nitrogens with two attached hydrogens (primary N) is 1. The molecule has 2 fully saturated rings. The summed E-state index contributed by atoms with van der Waals surface area (Å²) < 4.78 is 0. The molecule has 7 heteroatoms. The van der Waals surface area contributed by atoms with E-state index in [4.69, 9.17) is 17.3 Å². The Morgan fingerprint density at radius 1 is 1.38 bits per heavy atom. The minimum atomic E-state index is -0.187. The van der Waals surface area contributed by atoms with E-state index in [1.807, 2.05) is 11.8 Å². The van der Waals surface area contributed by atoms with Crippen molar-refractivity contribution in [3.63, 3.8) is 0 Å².